The average Bonchev–Trinajstić information content (AvgIpc) is 3.05. The first kappa shape index (κ1) is 16.0. The number of aryl methyl sites for hydroxylation is 2. The number of aromatic nitrogens is 2. The normalized spacial score (nSPS) is 11.3. The summed E-state index contributed by atoms with van der Waals surface area (Å²) in [5, 5.41) is 10.1. The Hall–Kier alpha value is -1.85. The zero-order chi connectivity index (χ0) is 16.6. The largest absolute Gasteiger partial charge is 0.477 e. The standard InChI is InChI=1S/C17H17ClN2O2S/c1-3-5-13-15(16(21)22)23-17-19-14(12(4-2)20(13)17)10-6-8-11(18)9-7-10/h6-9H,3-5H2,1-2H3,(H,21,22). The number of hydrogen-bond acceptors (Lipinski definition) is 3. The predicted molar refractivity (Wildman–Crippen MR) is 93.8 cm³/mol. The van der Waals surface area contributed by atoms with Crippen molar-refractivity contribution in [3.63, 3.8) is 0 Å². The molecular formula is C17H17ClN2O2S. The highest BCUT2D eigenvalue weighted by Crippen LogP contribution is 2.32. The van der Waals surface area contributed by atoms with Crippen LogP contribution in [0.4, 0.5) is 0 Å². The summed E-state index contributed by atoms with van der Waals surface area (Å²) in [6, 6.07) is 7.59. The van der Waals surface area contributed by atoms with Gasteiger partial charge in [0.2, 0.25) is 0 Å². The fourth-order valence-electron chi connectivity index (χ4n) is 2.82. The highest BCUT2D eigenvalue weighted by atomic mass is 35.5. The molecule has 0 radical (unpaired) electrons. The topological polar surface area (TPSA) is 54.6 Å². The van der Waals surface area contributed by atoms with E-state index in [0.717, 1.165) is 46.9 Å². The minimum absolute atomic E-state index is 0.395. The first-order chi connectivity index (χ1) is 11.1. The van der Waals surface area contributed by atoms with Crippen molar-refractivity contribution in [1.29, 1.82) is 0 Å². The maximum atomic E-state index is 11.5. The van der Waals surface area contributed by atoms with Crippen LogP contribution in [0, 0.1) is 0 Å². The van der Waals surface area contributed by atoms with Crippen molar-refractivity contribution in [2.45, 2.75) is 33.1 Å². The van der Waals surface area contributed by atoms with Crippen molar-refractivity contribution in [1.82, 2.24) is 9.38 Å². The summed E-state index contributed by atoms with van der Waals surface area (Å²) in [6.45, 7) is 4.12. The van der Waals surface area contributed by atoms with Crippen molar-refractivity contribution in [2.24, 2.45) is 0 Å². The van der Waals surface area contributed by atoms with Gasteiger partial charge in [-0.15, -0.1) is 0 Å². The van der Waals surface area contributed by atoms with Crippen LogP contribution in [0.1, 0.15) is 41.3 Å². The van der Waals surface area contributed by atoms with Crippen LogP contribution in [0.15, 0.2) is 24.3 Å². The SMILES string of the molecule is CCCc1c(C(=O)O)sc2nc(-c3ccc(Cl)cc3)c(CC)n12. The molecule has 0 unspecified atom stereocenters. The van der Waals surface area contributed by atoms with Crippen molar-refractivity contribution in [3.8, 4) is 11.3 Å². The van der Waals surface area contributed by atoms with E-state index in [9.17, 15) is 9.90 Å². The Bertz CT molecular complexity index is 865. The summed E-state index contributed by atoms with van der Waals surface area (Å²) in [4.78, 5) is 17.4. The summed E-state index contributed by atoms with van der Waals surface area (Å²) >= 11 is 7.21. The number of thiazole rings is 1. The van der Waals surface area contributed by atoms with Gasteiger partial charge in [0.15, 0.2) is 4.96 Å². The minimum Gasteiger partial charge on any atom is -0.477 e. The molecule has 0 aliphatic carbocycles. The van der Waals surface area contributed by atoms with Crippen LogP contribution in [-0.4, -0.2) is 20.5 Å². The molecule has 0 fully saturated rings. The van der Waals surface area contributed by atoms with Crippen LogP contribution in [0.3, 0.4) is 0 Å². The first-order valence-electron chi connectivity index (χ1n) is 7.59. The molecule has 3 aromatic rings. The molecule has 120 valence electrons. The van der Waals surface area contributed by atoms with Gasteiger partial charge in [-0.3, -0.25) is 4.40 Å². The molecule has 3 rings (SSSR count). The maximum Gasteiger partial charge on any atom is 0.347 e. The van der Waals surface area contributed by atoms with Gasteiger partial charge in [0.25, 0.3) is 0 Å². The van der Waals surface area contributed by atoms with Crippen molar-refractivity contribution in [3.05, 3.63) is 45.6 Å². The first-order valence-corrected chi connectivity index (χ1v) is 8.78. The van der Waals surface area contributed by atoms with Crippen LogP contribution in [-0.2, 0) is 12.8 Å². The molecule has 23 heavy (non-hydrogen) atoms. The molecule has 0 atom stereocenters. The Morgan fingerprint density at radius 2 is 1.96 bits per heavy atom. The lowest BCUT2D eigenvalue weighted by Crippen LogP contribution is -2.04. The molecule has 1 aromatic carbocycles. The molecule has 0 spiro atoms. The Morgan fingerprint density at radius 3 is 2.52 bits per heavy atom. The third kappa shape index (κ3) is 2.75. The van der Waals surface area contributed by atoms with Gasteiger partial charge in [-0.25, -0.2) is 9.78 Å². The quantitative estimate of drug-likeness (QED) is 0.711. The van der Waals surface area contributed by atoms with Gasteiger partial charge < -0.3 is 5.11 Å². The molecule has 4 nitrogen and oxygen atoms in total. The summed E-state index contributed by atoms with van der Waals surface area (Å²) in [6.07, 6.45) is 2.40. The molecule has 6 heteroatoms. The van der Waals surface area contributed by atoms with Crippen molar-refractivity contribution < 1.29 is 9.90 Å². The summed E-state index contributed by atoms with van der Waals surface area (Å²) in [7, 11) is 0. The van der Waals surface area contributed by atoms with E-state index < -0.39 is 5.97 Å². The number of benzene rings is 1. The fourth-order valence-corrected chi connectivity index (χ4v) is 3.98. The third-order valence-corrected chi connectivity index (χ3v) is 5.12. The number of hydrogen-bond donors (Lipinski definition) is 1. The van der Waals surface area contributed by atoms with E-state index in [0.29, 0.717) is 9.90 Å². The van der Waals surface area contributed by atoms with Gasteiger partial charge in [-0.2, -0.15) is 0 Å². The average molecular weight is 349 g/mol. The molecule has 0 amide bonds. The van der Waals surface area contributed by atoms with Gasteiger partial charge in [0.1, 0.15) is 4.88 Å². The van der Waals surface area contributed by atoms with E-state index in [-0.39, 0.29) is 0 Å². The second-order valence-corrected chi connectivity index (χ2v) is 6.73. The number of carboxylic acids is 1. The number of aromatic carboxylic acids is 1. The van der Waals surface area contributed by atoms with E-state index in [1.807, 2.05) is 28.7 Å². The molecule has 0 bridgehead atoms. The van der Waals surface area contributed by atoms with Gasteiger partial charge >= 0.3 is 5.97 Å². The van der Waals surface area contributed by atoms with E-state index in [4.69, 9.17) is 16.6 Å². The number of imidazole rings is 1. The maximum absolute atomic E-state index is 11.5. The molecule has 0 aliphatic rings. The molecule has 1 N–H and O–H groups in total. The lowest BCUT2D eigenvalue weighted by molar-refractivity contribution is 0.0700. The van der Waals surface area contributed by atoms with E-state index in [1.54, 1.807) is 0 Å². The predicted octanol–water partition coefficient (Wildman–Crippen LogP) is 4.93. The lowest BCUT2D eigenvalue weighted by atomic mass is 10.1. The molecule has 0 aliphatic heterocycles. The summed E-state index contributed by atoms with van der Waals surface area (Å²) in [5.74, 6) is -0.876. The number of halogens is 1. The fraction of sp³-hybridized carbons (Fsp3) is 0.294. The molecule has 0 saturated heterocycles. The number of nitrogens with zero attached hydrogens (tertiary/aromatic N) is 2. The van der Waals surface area contributed by atoms with Crippen LogP contribution in [0.5, 0.6) is 0 Å². The van der Waals surface area contributed by atoms with E-state index in [2.05, 4.69) is 13.8 Å². The Labute approximate surface area is 143 Å². The highest BCUT2D eigenvalue weighted by Gasteiger charge is 2.23. The zero-order valence-electron chi connectivity index (χ0n) is 13.0. The minimum atomic E-state index is -0.876. The second kappa shape index (κ2) is 6.34. The van der Waals surface area contributed by atoms with Crippen molar-refractivity contribution in [2.75, 3.05) is 0 Å². The van der Waals surface area contributed by atoms with Crippen LogP contribution in [0.2, 0.25) is 5.02 Å². The van der Waals surface area contributed by atoms with Gasteiger partial charge in [0, 0.05) is 16.3 Å². The third-order valence-electron chi connectivity index (χ3n) is 3.80. The van der Waals surface area contributed by atoms with Crippen LogP contribution in [0.25, 0.3) is 16.2 Å². The summed E-state index contributed by atoms with van der Waals surface area (Å²) < 4.78 is 2.03. The van der Waals surface area contributed by atoms with Crippen LogP contribution >= 0.6 is 22.9 Å². The molecular weight excluding hydrogens is 332 g/mol. The Balaban J connectivity index is 2.26. The number of rotatable bonds is 5. The van der Waals surface area contributed by atoms with E-state index in [1.165, 1.54) is 11.3 Å². The lowest BCUT2D eigenvalue weighted by Gasteiger charge is -2.06. The zero-order valence-corrected chi connectivity index (χ0v) is 14.5. The molecule has 2 aromatic heterocycles. The van der Waals surface area contributed by atoms with Crippen LogP contribution < -0.4 is 0 Å². The molecule has 2 heterocycles. The van der Waals surface area contributed by atoms with Crippen molar-refractivity contribution >= 4 is 33.9 Å². The smallest absolute Gasteiger partial charge is 0.347 e. The second-order valence-electron chi connectivity index (χ2n) is 5.32. The number of fused-ring (bicyclic) bond motifs is 1. The monoisotopic (exact) mass is 348 g/mol. The summed E-state index contributed by atoms with van der Waals surface area (Å²) in [5.41, 5.74) is 3.81. The Morgan fingerprint density at radius 1 is 1.26 bits per heavy atom. The molecule has 0 saturated carbocycles. The van der Waals surface area contributed by atoms with E-state index >= 15 is 0 Å². The van der Waals surface area contributed by atoms with Gasteiger partial charge in [-0.1, -0.05) is 55.3 Å². The highest BCUT2D eigenvalue weighted by molar-refractivity contribution is 7.19. The van der Waals surface area contributed by atoms with Gasteiger partial charge in [-0.05, 0) is 25.0 Å². The Kier molecular flexibility index (Phi) is 4.41. The number of carbonyl (C=O) groups is 1. The number of carboxylic acid groups (broad SMARTS) is 1. The van der Waals surface area contributed by atoms with Gasteiger partial charge in [0.05, 0.1) is 11.4 Å².